The van der Waals surface area contributed by atoms with Gasteiger partial charge in [0.15, 0.2) is 5.82 Å². The van der Waals surface area contributed by atoms with Crippen LogP contribution in [0, 0.1) is 5.92 Å². The molecular weight excluding hydrogens is 412 g/mol. The smallest absolute Gasteiger partial charge is 0.205 e. The molecule has 0 radical (unpaired) electrons. The van der Waals surface area contributed by atoms with E-state index in [0.29, 0.717) is 18.3 Å². The largest absolute Gasteiger partial charge is 0.256 e. The van der Waals surface area contributed by atoms with Crippen LogP contribution in [-0.4, -0.2) is 40.4 Å². The van der Waals surface area contributed by atoms with Crippen LogP contribution >= 0.6 is 0 Å². The Balaban J connectivity index is 1.57. The third-order valence-electron chi connectivity index (χ3n) is 6.12. The Labute approximate surface area is 194 Å². The highest BCUT2D eigenvalue weighted by atomic mass is 15.5. The zero-order valence-electron chi connectivity index (χ0n) is 19.7. The van der Waals surface area contributed by atoms with Crippen molar-refractivity contribution in [2.24, 2.45) is 5.92 Å². The van der Waals surface area contributed by atoms with Gasteiger partial charge >= 0.3 is 0 Å². The molecule has 0 saturated carbocycles. The molecule has 0 atom stereocenters. The van der Waals surface area contributed by atoms with Crippen molar-refractivity contribution in [3.63, 3.8) is 0 Å². The Bertz CT molecular complexity index is 1130. The van der Waals surface area contributed by atoms with E-state index in [0.717, 1.165) is 72.6 Å². The molecule has 172 valence electrons. The number of benzene rings is 1. The first kappa shape index (κ1) is 22.8. The van der Waals surface area contributed by atoms with Gasteiger partial charge in [-0.2, -0.15) is 10.3 Å². The molecule has 1 N–H and O–H groups in total. The van der Waals surface area contributed by atoms with E-state index in [1.165, 1.54) is 0 Å². The standard InChI is InChI=1S/C25H32N8/c1-4-7-12-23-27-24(15-18(5-2)6-3)33(30-23)17-19-13-14-22(26-16-19)20-10-8-9-11-21(20)25-28-31-32-29-25/h8-11,13-14,16,18H,4-7,12,15,17H2,1-3H3,(H,28,29,31,32). The number of pyridine rings is 1. The number of rotatable bonds is 11. The van der Waals surface area contributed by atoms with Crippen molar-refractivity contribution in [2.75, 3.05) is 0 Å². The van der Waals surface area contributed by atoms with Gasteiger partial charge in [-0.15, -0.1) is 10.2 Å². The molecule has 0 fully saturated rings. The van der Waals surface area contributed by atoms with Gasteiger partial charge in [0, 0.05) is 30.2 Å². The summed E-state index contributed by atoms with van der Waals surface area (Å²) in [5.74, 6) is 3.23. The number of hydrogen-bond donors (Lipinski definition) is 1. The molecule has 0 bridgehead atoms. The highest BCUT2D eigenvalue weighted by Gasteiger charge is 2.15. The molecule has 0 amide bonds. The number of aromatic nitrogens is 8. The minimum atomic E-state index is 0.560. The van der Waals surface area contributed by atoms with Crippen LogP contribution in [0.1, 0.15) is 63.7 Å². The van der Waals surface area contributed by atoms with Gasteiger partial charge in [-0.1, -0.05) is 70.4 Å². The molecule has 0 unspecified atom stereocenters. The second-order valence-electron chi connectivity index (χ2n) is 8.42. The van der Waals surface area contributed by atoms with Crippen molar-refractivity contribution in [2.45, 2.75) is 65.8 Å². The van der Waals surface area contributed by atoms with Crippen LogP contribution in [-0.2, 0) is 19.4 Å². The lowest BCUT2D eigenvalue weighted by Gasteiger charge is -2.13. The Morgan fingerprint density at radius 3 is 2.48 bits per heavy atom. The van der Waals surface area contributed by atoms with Crippen LogP contribution in [0.5, 0.6) is 0 Å². The number of H-pyrrole nitrogens is 1. The average molecular weight is 445 g/mol. The van der Waals surface area contributed by atoms with Crippen molar-refractivity contribution >= 4 is 0 Å². The summed E-state index contributed by atoms with van der Waals surface area (Å²) in [6.45, 7) is 7.38. The average Bonchev–Trinajstić information content (AvgIpc) is 3.52. The molecule has 4 rings (SSSR count). The number of unbranched alkanes of at least 4 members (excludes halogenated alkanes) is 1. The second kappa shape index (κ2) is 10.9. The van der Waals surface area contributed by atoms with Gasteiger partial charge in [0.05, 0.1) is 12.2 Å². The Hall–Kier alpha value is -3.42. The van der Waals surface area contributed by atoms with Crippen LogP contribution in [0.3, 0.4) is 0 Å². The minimum absolute atomic E-state index is 0.560. The molecular formula is C25H32N8. The van der Waals surface area contributed by atoms with E-state index in [1.807, 2.05) is 36.5 Å². The van der Waals surface area contributed by atoms with E-state index in [9.17, 15) is 0 Å². The Morgan fingerprint density at radius 1 is 1.00 bits per heavy atom. The number of nitrogens with zero attached hydrogens (tertiary/aromatic N) is 7. The molecule has 3 heterocycles. The zero-order valence-corrected chi connectivity index (χ0v) is 19.7. The number of tetrazole rings is 1. The highest BCUT2D eigenvalue weighted by Crippen LogP contribution is 2.28. The van der Waals surface area contributed by atoms with Gasteiger partial charge < -0.3 is 0 Å². The molecule has 8 nitrogen and oxygen atoms in total. The predicted octanol–water partition coefficient (Wildman–Crippen LogP) is 4.89. The lowest BCUT2D eigenvalue weighted by Crippen LogP contribution is -2.12. The highest BCUT2D eigenvalue weighted by molar-refractivity contribution is 5.78. The van der Waals surface area contributed by atoms with Crippen LogP contribution in [0.2, 0.25) is 0 Å². The van der Waals surface area contributed by atoms with E-state index in [4.69, 9.17) is 15.1 Å². The second-order valence-corrected chi connectivity index (χ2v) is 8.42. The number of nitrogens with one attached hydrogen (secondary N) is 1. The van der Waals surface area contributed by atoms with E-state index < -0.39 is 0 Å². The lowest BCUT2D eigenvalue weighted by molar-refractivity contribution is 0.462. The number of aromatic amines is 1. The fourth-order valence-electron chi connectivity index (χ4n) is 4.01. The first-order chi connectivity index (χ1) is 16.2. The monoisotopic (exact) mass is 444 g/mol. The molecule has 0 aliphatic rings. The zero-order chi connectivity index (χ0) is 23.0. The molecule has 0 saturated heterocycles. The van der Waals surface area contributed by atoms with Crippen molar-refractivity contribution in [3.05, 3.63) is 59.8 Å². The van der Waals surface area contributed by atoms with E-state index >= 15 is 0 Å². The topological polar surface area (TPSA) is 98.1 Å². The maximum absolute atomic E-state index is 4.89. The summed E-state index contributed by atoms with van der Waals surface area (Å²) in [6.07, 6.45) is 8.40. The van der Waals surface area contributed by atoms with Gasteiger partial charge in [-0.05, 0) is 29.2 Å². The fourth-order valence-corrected chi connectivity index (χ4v) is 4.01. The number of aryl methyl sites for hydroxylation is 1. The molecule has 0 aliphatic carbocycles. The number of hydrogen-bond acceptors (Lipinski definition) is 6. The van der Waals surface area contributed by atoms with Crippen LogP contribution < -0.4 is 0 Å². The molecule has 0 spiro atoms. The molecule has 4 aromatic rings. The first-order valence-electron chi connectivity index (χ1n) is 11.9. The first-order valence-corrected chi connectivity index (χ1v) is 11.9. The quantitative estimate of drug-likeness (QED) is 0.354. The van der Waals surface area contributed by atoms with E-state index in [1.54, 1.807) is 0 Å². The SMILES string of the molecule is CCCCc1nc(CC(CC)CC)n(Cc2ccc(-c3ccccc3-c3nn[nH]n3)nc2)n1. The molecule has 33 heavy (non-hydrogen) atoms. The molecule has 8 heteroatoms. The maximum Gasteiger partial charge on any atom is 0.205 e. The van der Waals surface area contributed by atoms with Crippen molar-refractivity contribution in [1.29, 1.82) is 0 Å². The Kier molecular flexibility index (Phi) is 7.55. The van der Waals surface area contributed by atoms with Gasteiger partial charge in [0.2, 0.25) is 5.82 Å². The predicted molar refractivity (Wildman–Crippen MR) is 128 cm³/mol. The third kappa shape index (κ3) is 5.50. The molecule has 0 aliphatic heterocycles. The van der Waals surface area contributed by atoms with Gasteiger partial charge in [-0.3, -0.25) is 4.98 Å². The van der Waals surface area contributed by atoms with Gasteiger partial charge in [0.1, 0.15) is 5.82 Å². The van der Waals surface area contributed by atoms with Crippen LogP contribution in [0.15, 0.2) is 42.6 Å². The summed E-state index contributed by atoms with van der Waals surface area (Å²) in [5, 5.41) is 19.3. The normalized spacial score (nSPS) is 11.4. The molecule has 3 aromatic heterocycles. The van der Waals surface area contributed by atoms with Crippen LogP contribution in [0.25, 0.3) is 22.6 Å². The summed E-state index contributed by atoms with van der Waals surface area (Å²) < 4.78 is 2.08. The summed E-state index contributed by atoms with van der Waals surface area (Å²) in [5.41, 5.74) is 3.85. The van der Waals surface area contributed by atoms with E-state index in [-0.39, 0.29) is 0 Å². The summed E-state index contributed by atoms with van der Waals surface area (Å²) in [6, 6.07) is 12.1. The molecule has 1 aromatic carbocycles. The van der Waals surface area contributed by atoms with Gasteiger partial charge in [-0.25, -0.2) is 9.67 Å². The third-order valence-corrected chi connectivity index (χ3v) is 6.12. The Morgan fingerprint density at radius 2 is 1.82 bits per heavy atom. The van der Waals surface area contributed by atoms with Gasteiger partial charge in [0.25, 0.3) is 0 Å². The fraction of sp³-hybridized carbons (Fsp3) is 0.440. The lowest BCUT2D eigenvalue weighted by atomic mass is 9.99. The summed E-state index contributed by atoms with van der Waals surface area (Å²) in [7, 11) is 0. The summed E-state index contributed by atoms with van der Waals surface area (Å²) in [4.78, 5) is 9.64. The van der Waals surface area contributed by atoms with Crippen LogP contribution in [0.4, 0.5) is 0 Å². The van der Waals surface area contributed by atoms with Crippen molar-refractivity contribution < 1.29 is 0 Å². The minimum Gasteiger partial charge on any atom is -0.256 e. The van der Waals surface area contributed by atoms with Crippen molar-refractivity contribution in [3.8, 4) is 22.6 Å². The summed E-state index contributed by atoms with van der Waals surface area (Å²) >= 11 is 0. The van der Waals surface area contributed by atoms with Crippen molar-refractivity contribution in [1.82, 2.24) is 40.4 Å². The maximum atomic E-state index is 4.89. The van der Waals surface area contributed by atoms with E-state index in [2.05, 4.69) is 52.1 Å².